The first-order valence-corrected chi connectivity index (χ1v) is 8.61. The summed E-state index contributed by atoms with van der Waals surface area (Å²) in [4.78, 5) is 23.3. The lowest BCUT2D eigenvalue weighted by molar-refractivity contribution is -0.118. The van der Waals surface area contributed by atoms with Crippen LogP contribution >= 0.6 is 0 Å². The van der Waals surface area contributed by atoms with Gasteiger partial charge in [0, 0.05) is 17.1 Å². The number of fused-ring (bicyclic) bond motifs is 1. The van der Waals surface area contributed by atoms with Gasteiger partial charge in [0.2, 0.25) is 0 Å². The van der Waals surface area contributed by atoms with Crippen molar-refractivity contribution in [3.05, 3.63) is 70.6 Å². The number of ether oxygens (including phenoxy) is 1. The van der Waals surface area contributed by atoms with E-state index < -0.39 is 5.63 Å². The minimum Gasteiger partial charge on any atom is -0.484 e. The Morgan fingerprint density at radius 3 is 2.62 bits per heavy atom. The highest BCUT2D eigenvalue weighted by Gasteiger charge is 2.07. The number of carbonyl (C=O) groups is 1. The smallest absolute Gasteiger partial charge is 0.336 e. The van der Waals surface area contributed by atoms with Gasteiger partial charge in [-0.3, -0.25) is 4.79 Å². The van der Waals surface area contributed by atoms with Crippen molar-refractivity contribution in [1.82, 2.24) is 0 Å². The zero-order valence-electron chi connectivity index (χ0n) is 14.8. The van der Waals surface area contributed by atoms with Crippen molar-refractivity contribution in [3.8, 4) is 5.75 Å². The van der Waals surface area contributed by atoms with Crippen LogP contribution in [0.1, 0.15) is 31.7 Å². The molecular weight excluding hydrogens is 330 g/mol. The van der Waals surface area contributed by atoms with E-state index in [9.17, 15) is 9.59 Å². The van der Waals surface area contributed by atoms with Crippen molar-refractivity contribution in [2.75, 3.05) is 11.9 Å². The molecule has 0 saturated heterocycles. The molecule has 1 unspecified atom stereocenters. The Balaban J connectivity index is 1.58. The van der Waals surface area contributed by atoms with Crippen LogP contribution in [0.15, 0.2) is 63.8 Å². The molecule has 0 aliphatic carbocycles. The zero-order valence-corrected chi connectivity index (χ0v) is 14.8. The molecular formula is C21H21NO4. The fourth-order valence-corrected chi connectivity index (χ4v) is 2.62. The summed E-state index contributed by atoms with van der Waals surface area (Å²) in [7, 11) is 0. The molecule has 5 nitrogen and oxygen atoms in total. The summed E-state index contributed by atoms with van der Waals surface area (Å²) in [5.74, 6) is 0.907. The van der Waals surface area contributed by atoms with Gasteiger partial charge in [0.25, 0.3) is 5.91 Å². The van der Waals surface area contributed by atoms with Gasteiger partial charge in [0.15, 0.2) is 6.61 Å². The van der Waals surface area contributed by atoms with E-state index in [1.807, 2.05) is 24.3 Å². The van der Waals surface area contributed by atoms with Crippen LogP contribution in [0.5, 0.6) is 5.75 Å². The molecule has 5 heteroatoms. The van der Waals surface area contributed by atoms with Crippen molar-refractivity contribution in [3.63, 3.8) is 0 Å². The van der Waals surface area contributed by atoms with Crippen molar-refractivity contribution >= 4 is 22.6 Å². The summed E-state index contributed by atoms with van der Waals surface area (Å²) >= 11 is 0. The molecule has 0 aliphatic heterocycles. The highest BCUT2D eigenvalue weighted by molar-refractivity contribution is 5.94. The van der Waals surface area contributed by atoms with Gasteiger partial charge < -0.3 is 14.5 Å². The van der Waals surface area contributed by atoms with Crippen LogP contribution < -0.4 is 15.7 Å². The van der Waals surface area contributed by atoms with Gasteiger partial charge >= 0.3 is 5.63 Å². The summed E-state index contributed by atoms with van der Waals surface area (Å²) in [6.45, 7) is 4.25. The second kappa shape index (κ2) is 7.87. The van der Waals surface area contributed by atoms with Crippen LogP contribution in [0.3, 0.4) is 0 Å². The van der Waals surface area contributed by atoms with Crippen LogP contribution in [0.25, 0.3) is 11.0 Å². The van der Waals surface area contributed by atoms with Crippen LogP contribution in [0, 0.1) is 0 Å². The molecule has 1 aromatic heterocycles. The Labute approximate surface area is 151 Å². The summed E-state index contributed by atoms with van der Waals surface area (Å²) in [5.41, 5.74) is 1.95. The molecule has 0 bridgehead atoms. The fourth-order valence-electron chi connectivity index (χ4n) is 2.62. The Kier molecular flexibility index (Phi) is 5.37. The van der Waals surface area contributed by atoms with Crippen molar-refractivity contribution < 1.29 is 13.9 Å². The molecule has 134 valence electrons. The van der Waals surface area contributed by atoms with Crippen LogP contribution in [0.2, 0.25) is 0 Å². The van der Waals surface area contributed by atoms with E-state index in [1.54, 1.807) is 24.3 Å². The van der Waals surface area contributed by atoms with Gasteiger partial charge in [-0.05, 0) is 54.3 Å². The predicted octanol–water partition coefficient (Wildman–Crippen LogP) is 4.32. The largest absolute Gasteiger partial charge is 0.484 e. The van der Waals surface area contributed by atoms with Crippen LogP contribution in [0.4, 0.5) is 5.69 Å². The van der Waals surface area contributed by atoms with Gasteiger partial charge in [0.1, 0.15) is 11.3 Å². The lowest BCUT2D eigenvalue weighted by atomic mass is 9.99. The average Bonchev–Trinajstić information content (AvgIpc) is 2.66. The number of amides is 1. The number of benzene rings is 2. The van der Waals surface area contributed by atoms with Gasteiger partial charge in [-0.25, -0.2) is 4.79 Å². The van der Waals surface area contributed by atoms with Crippen molar-refractivity contribution in [2.45, 2.75) is 26.2 Å². The molecule has 0 saturated carbocycles. The topological polar surface area (TPSA) is 68.5 Å². The summed E-state index contributed by atoms with van der Waals surface area (Å²) in [6, 6.07) is 15.9. The molecule has 0 fully saturated rings. The molecule has 0 spiro atoms. The zero-order chi connectivity index (χ0) is 18.5. The Morgan fingerprint density at radius 2 is 1.88 bits per heavy atom. The lowest BCUT2D eigenvalue weighted by Gasteiger charge is -2.11. The van der Waals surface area contributed by atoms with Crippen LogP contribution in [-0.2, 0) is 4.79 Å². The van der Waals surface area contributed by atoms with E-state index in [1.165, 1.54) is 11.6 Å². The van der Waals surface area contributed by atoms with E-state index in [2.05, 4.69) is 19.2 Å². The normalized spacial score (nSPS) is 11.9. The van der Waals surface area contributed by atoms with Crippen LogP contribution in [-0.4, -0.2) is 12.5 Å². The standard InChI is InChI=1S/C21H21NO4/c1-3-14(2)15-4-8-18(9-5-15)25-13-20(23)22-17-7-10-19-16(12-17)6-11-21(24)26-19/h4-12,14H,3,13H2,1-2H3,(H,22,23). The highest BCUT2D eigenvalue weighted by atomic mass is 16.5. The number of anilines is 1. The monoisotopic (exact) mass is 351 g/mol. The van der Waals surface area contributed by atoms with Crippen molar-refractivity contribution in [2.24, 2.45) is 0 Å². The second-order valence-electron chi connectivity index (χ2n) is 6.22. The summed E-state index contributed by atoms with van der Waals surface area (Å²) in [5, 5.41) is 3.51. The Bertz CT molecular complexity index is 960. The van der Waals surface area contributed by atoms with Gasteiger partial charge in [0.05, 0.1) is 0 Å². The minimum absolute atomic E-state index is 0.0788. The first-order valence-electron chi connectivity index (χ1n) is 8.61. The molecule has 1 N–H and O–H groups in total. The molecule has 3 aromatic rings. The van der Waals surface area contributed by atoms with E-state index in [-0.39, 0.29) is 12.5 Å². The SMILES string of the molecule is CCC(C)c1ccc(OCC(=O)Nc2ccc3oc(=O)ccc3c2)cc1. The summed E-state index contributed by atoms with van der Waals surface area (Å²) < 4.78 is 10.6. The molecule has 2 aromatic carbocycles. The number of rotatable bonds is 6. The average molecular weight is 351 g/mol. The van der Waals surface area contributed by atoms with E-state index >= 15 is 0 Å². The third-order valence-corrected chi connectivity index (χ3v) is 4.33. The van der Waals surface area contributed by atoms with Gasteiger partial charge in [-0.2, -0.15) is 0 Å². The number of hydrogen-bond acceptors (Lipinski definition) is 4. The van der Waals surface area contributed by atoms with Gasteiger partial charge in [-0.1, -0.05) is 26.0 Å². The Hall–Kier alpha value is -3.08. The first kappa shape index (κ1) is 17.7. The third-order valence-electron chi connectivity index (χ3n) is 4.33. The molecule has 1 heterocycles. The second-order valence-corrected chi connectivity index (χ2v) is 6.22. The maximum absolute atomic E-state index is 12.1. The van der Waals surface area contributed by atoms with E-state index in [0.717, 1.165) is 11.8 Å². The molecule has 26 heavy (non-hydrogen) atoms. The van der Waals surface area contributed by atoms with E-state index in [4.69, 9.17) is 9.15 Å². The maximum Gasteiger partial charge on any atom is 0.336 e. The molecule has 0 aliphatic rings. The number of hydrogen-bond donors (Lipinski definition) is 1. The van der Waals surface area contributed by atoms with E-state index in [0.29, 0.717) is 22.9 Å². The number of carbonyl (C=O) groups excluding carboxylic acids is 1. The minimum atomic E-state index is -0.401. The third kappa shape index (κ3) is 4.30. The van der Waals surface area contributed by atoms with Gasteiger partial charge in [-0.15, -0.1) is 0 Å². The molecule has 3 rings (SSSR count). The van der Waals surface area contributed by atoms with Crippen molar-refractivity contribution in [1.29, 1.82) is 0 Å². The summed E-state index contributed by atoms with van der Waals surface area (Å²) in [6.07, 6.45) is 1.08. The molecule has 1 atom stereocenters. The fraction of sp³-hybridized carbons (Fsp3) is 0.238. The highest BCUT2D eigenvalue weighted by Crippen LogP contribution is 2.21. The predicted molar refractivity (Wildman–Crippen MR) is 102 cm³/mol. The molecule has 0 radical (unpaired) electrons. The maximum atomic E-state index is 12.1. The lowest BCUT2D eigenvalue weighted by Crippen LogP contribution is -2.20. The molecule has 1 amide bonds. The number of nitrogens with one attached hydrogen (secondary N) is 1. The Morgan fingerprint density at radius 1 is 1.12 bits per heavy atom. The first-order chi connectivity index (χ1) is 12.5. The quantitative estimate of drug-likeness (QED) is 0.671.